The summed E-state index contributed by atoms with van der Waals surface area (Å²) in [5, 5.41) is 2.81. The highest BCUT2D eigenvalue weighted by molar-refractivity contribution is 5.87. The summed E-state index contributed by atoms with van der Waals surface area (Å²) >= 11 is 0. The van der Waals surface area contributed by atoms with Crippen LogP contribution in [0, 0.1) is 0 Å². The van der Waals surface area contributed by atoms with E-state index in [-0.39, 0.29) is 5.91 Å². The summed E-state index contributed by atoms with van der Waals surface area (Å²) in [6.45, 7) is 5.03. The fourth-order valence-electron chi connectivity index (χ4n) is 1.44. The molecule has 17 heavy (non-hydrogen) atoms. The molecule has 0 spiro atoms. The molecule has 0 fully saturated rings. The number of carbonyl (C=O) groups excluding carboxylic acids is 1. The Morgan fingerprint density at radius 1 is 0.941 bits per heavy atom. The van der Waals surface area contributed by atoms with Gasteiger partial charge in [-0.25, -0.2) is 0 Å². The van der Waals surface area contributed by atoms with Gasteiger partial charge in [0.2, 0.25) is 5.91 Å². The second-order valence-electron chi connectivity index (χ2n) is 4.24. The van der Waals surface area contributed by atoms with E-state index in [1.807, 2.05) is 13.0 Å². The van der Waals surface area contributed by atoms with Crippen molar-refractivity contribution in [3.05, 3.63) is 24.3 Å². The molecule has 0 rings (SSSR count). The topological polar surface area (TPSA) is 29.1 Å². The largest absolute Gasteiger partial charge is 0.353 e. The van der Waals surface area contributed by atoms with E-state index in [0.29, 0.717) is 0 Å². The lowest BCUT2D eigenvalue weighted by atomic mass is 10.2. The number of unbranched alkanes of at least 4 members (excludes halogenated alkanes) is 4. The number of hydrogen-bond donors (Lipinski definition) is 1. The van der Waals surface area contributed by atoms with Gasteiger partial charge in [-0.1, -0.05) is 44.9 Å². The molecule has 0 aromatic carbocycles. The fraction of sp³-hybridized carbons (Fsp3) is 0.667. The first-order valence-electron chi connectivity index (χ1n) is 6.90. The Kier molecular flexibility index (Phi) is 12.2. The predicted molar refractivity (Wildman–Crippen MR) is 75.0 cm³/mol. The third-order valence-corrected chi connectivity index (χ3v) is 2.46. The van der Waals surface area contributed by atoms with Gasteiger partial charge < -0.3 is 5.32 Å². The molecule has 1 N–H and O–H groups in total. The number of allylic oxidation sites excluding steroid dienone is 3. The maximum absolute atomic E-state index is 11.2. The minimum atomic E-state index is 0.0266. The van der Waals surface area contributed by atoms with Crippen LogP contribution in [-0.4, -0.2) is 12.5 Å². The Hall–Kier alpha value is -1.05. The molecule has 0 unspecified atom stereocenters. The van der Waals surface area contributed by atoms with E-state index < -0.39 is 0 Å². The first kappa shape index (κ1) is 16.0. The van der Waals surface area contributed by atoms with Crippen LogP contribution in [-0.2, 0) is 4.79 Å². The highest BCUT2D eigenvalue weighted by Gasteiger charge is 1.90. The number of nitrogens with one attached hydrogen (secondary N) is 1. The summed E-state index contributed by atoms with van der Waals surface area (Å²) in [6, 6.07) is 0. The molecular weight excluding hydrogens is 210 g/mol. The molecule has 0 radical (unpaired) electrons. The van der Waals surface area contributed by atoms with Gasteiger partial charge in [-0.15, -0.1) is 0 Å². The Morgan fingerprint density at radius 3 is 2.35 bits per heavy atom. The van der Waals surface area contributed by atoms with Gasteiger partial charge in [-0.3, -0.25) is 4.79 Å². The number of amides is 1. The molecule has 98 valence electrons. The lowest BCUT2D eigenvalue weighted by molar-refractivity contribution is -0.116. The molecule has 0 bridgehead atoms. The Balaban J connectivity index is 3.37. The van der Waals surface area contributed by atoms with Crippen molar-refractivity contribution in [1.29, 1.82) is 0 Å². The molecule has 2 nitrogen and oxygen atoms in total. The minimum Gasteiger partial charge on any atom is -0.353 e. The molecule has 0 aliphatic carbocycles. The van der Waals surface area contributed by atoms with Gasteiger partial charge in [0.15, 0.2) is 0 Å². The van der Waals surface area contributed by atoms with Gasteiger partial charge in [0.05, 0.1) is 0 Å². The lowest BCUT2D eigenvalue weighted by Crippen LogP contribution is -2.21. The maximum atomic E-state index is 11.2. The summed E-state index contributed by atoms with van der Waals surface area (Å²) in [5.41, 5.74) is 0. The second kappa shape index (κ2) is 13.0. The van der Waals surface area contributed by atoms with E-state index >= 15 is 0 Å². The van der Waals surface area contributed by atoms with Gasteiger partial charge in [-0.05, 0) is 38.2 Å². The summed E-state index contributed by atoms with van der Waals surface area (Å²) in [7, 11) is 0. The number of hydrogen-bond acceptors (Lipinski definition) is 1. The van der Waals surface area contributed by atoms with Crippen molar-refractivity contribution in [2.75, 3.05) is 6.54 Å². The van der Waals surface area contributed by atoms with Crippen LogP contribution in [0.5, 0.6) is 0 Å². The van der Waals surface area contributed by atoms with E-state index in [9.17, 15) is 4.79 Å². The smallest absolute Gasteiger partial charge is 0.243 e. The highest BCUT2D eigenvalue weighted by Crippen LogP contribution is 2.01. The molecular formula is C15H27NO. The van der Waals surface area contributed by atoms with Crippen LogP contribution in [0.4, 0.5) is 0 Å². The van der Waals surface area contributed by atoms with Gasteiger partial charge in [0.1, 0.15) is 0 Å². The predicted octanol–water partition coefficient (Wildman–Crippen LogP) is 3.99. The fourth-order valence-corrected chi connectivity index (χ4v) is 1.44. The second-order valence-corrected chi connectivity index (χ2v) is 4.24. The number of rotatable bonds is 10. The van der Waals surface area contributed by atoms with E-state index in [0.717, 1.165) is 25.8 Å². The molecule has 0 saturated heterocycles. The van der Waals surface area contributed by atoms with E-state index in [1.165, 1.54) is 25.7 Å². The molecule has 0 aromatic rings. The maximum Gasteiger partial charge on any atom is 0.243 e. The molecule has 0 aliphatic heterocycles. The normalized spacial score (nSPS) is 11.4. The molecule has 2 heteroatoms. The zero-order valence-corrected chi connectivity index (χ0v) is 11.4. The first-order chi connectivity index (χ1) is 8.31. The SMILES string of the molecule is CCCCC/C=C\CC/C=C/C(=O)NCCC. The molecule has 1 amide bonds. The van der Waals surface area contributed by atoms with Crippen molar-refractivity contribution >= 4 is 5.91 Å². The van der Waals surface area contributed by atoms with Crippen LogP contribution in [0.25, 0.3) is 0 Å². The highest BCUT2D eigenvalue weighted by atomic mass is 16.1. The first-order valence-corrected chi connectivity index (χ1v) is 6.90. The Bertz CT molecular complexity index is 231. The van der Waals surface area contributed by atoms with Crippen molar-refractivity contribution in [3.8, 4) is 0 Å². The average molecular weight is 237 g/mol. The van der Waals surface area contributed by atoms with E-state index in [4.69, 9.17) is 0 Å². The van der Waals surface area contributed by atoms with Crippen LogP contribution < -0.4 is 5.32 Å². The zero-order valence-electron chi connectivity index (χ0n) is 11.4. The van der Waals surface area contributed by atoms with Gasteiger partial charge in [0, 0.05) is 6.54 Å². The van der Waals surface area contributed by atoms with Crippen LogP contribution in [0.3, 0.4) is 0 Å². The van der Waals surface area contributed by atoms with Crippen molar-refractivity contribution in [2.24, 2.45) is 0 Å². The number of carbonyl (C=O) groups is 1. The average Bonchev–Trinajstić information content (AvgIpc) is 2.34. The molecule has 0 atom stereocenters. The van der Waals surface area contributed by atoms with Crippen LogP contribution >= 0.6 is 0 Å². The van der Waals surface area contributed by atoms with Gasteiger partial charge >= 0.3 is 0 Å². The molecule has 0 saturated carbocycles. The quantitative estimate of drug-likeness (QED) is 0.347. The Morgan fingerprint density at radius 2 is 1.65 bits per heavy atom. The summed E-state index contributed by atoms with van der Waals surface area (Å²) in [4.78, 5) is 11.2. The monoisotopic (exact) mass is 237 g/mol. The molecule has 0 aromatic heterocycles. The molecule has 0 heterocycles. The zero-order chi connectivity index (χ0) is 12.8. The summed E-state index contributed by atoms with van der Waals surface area (Å²) in [5.74, 6) is 0.0266. The standard InChI is InChI=1S/C15H27NO/c1-3-5-6-7-8-9-10-11-12-13-15(17)16-14-4-2/h8-9,12-13H,3-7,10-11,14H2,1-2H3,(H,16,17)/b9-8-,13-12+. The van der Waals surface area contributed by atoms with Gasteiger partial charge in [0.25, 0.3) is 0 Å². The van der Waals surface area contributed by atoms with E-state index in [1.54, 1.807) is 6.08 Å². The van der Waals surface area contributed by atoms with Crippen molar-refractivity contribution in [2.45, 2.75) is 58.8 Å². The van der Waals surface area contributed by atoms with E-state index in [2.05, 4.69) is 24.4 Å². The van der Waals surface area contributed by atoms with Crippen LogP contribution in [0.2, 0.25) is 0 Å². The Labute approximate surface area is 106 Å². The third-order valence-electron chi connectivity index (χ3n) is 2.46. The van der Waals surface area contributed by atoms with Crippen LogP contribution in [0.1, 0.15) is 58.8 Å². The van der Waals surface area contributed by atoms with Crippen molar-refractivity contribution < 1.29 is 4.79 Å². The third kappa shape index (κ3) is 12.9. The summed E-state index contributed by atoms with van der Waals surface area (Å²) < 4.78 is 0. The van der Waals surface area contributed by atoms with Crippen LogP contribution in [0.15, 0.2) is 24.3 Å². The summed E-state index contributed by atoms with van der Waals surface area (Å²) in [6.07, 6.45) is 16.1. The van der Waals surface area contributed by atoms with Gasteiger partial charge in [-0.2, -0.15) is 0 Å². The van der Waals surface area contributed by atoms with Crippen molar-refractivity contribution in [3.63, 3.8) is 0 Å². The minimum absolute atomic E-state index is 0.0266. The van der Waals surface area contributed by atoms with Crippen molar-refractivity contribution in [1.82, 2.24) is 5.32 Å². The molecule has 0 aliphatic rings. The lowest BCUT2D eigenvalue weighted by Gasteiger charge is -1.96.